The van der Waals surface area contributed by atoms with Gasteiger partial charge in [0.1, 0.15) is 0 Å². The van der Waals surface area contributed by atoms with Gasteiger partial charge in [0.05, 0.1) is 0 Å². The summed E-state index contributed by atoms with van der Waals surface area (Å²) < 4.78 is 22.3. The van der Waals surface area contributed by atoms with E-state index in [2.05, 4.69) is 253 Å². The molecule has 0 saturated carbocycles. The molecule has 0 aromatic heterocycles. The molecule has 3 aliphatic carbocycles. The minimum atomic E-state index is -4.98. The first-order valence-electron chi connectivity index (χ1n) is 28.1. The van der Waals surface area contributed by atoms with Crippen LogP contribution >= 0.6 is 0 Å². The van der Waals surface area contributed by atoms with E-state index >= 15 is 0 Å². The van der Waals surface area contributed by atoms with E-state index in [4.69, 9.17) is 9.78 Å². The van der Waals surface area contributed by atoms with Crippen molar-refractivity contribution in [2.45, 2.75) is 103 Å². The summed E-state index contributed by atoms with van der Waals surface area (Å²) in [4.78, 5) is 15.7. The van der Waals surface area contributed by atoms with E-state index in [1.54, 1.807) is 0 Å². The second-order valence-electron chi connectivity index (χ2n) is 24.5. The second-order valence-corrected chi connectivity index (χ2v) is 38.5. The Morgan fingerprint density at radius 1 is 0.282 bits per heavy atom. The number of fused-ring (bicyclic) bond motifs is 11. The van der Waals surface area contributed by atoms with Crippen LogP contribution in [0.4, 0.5) is 0 Å². The molecule has 2 unspecified atom stereocenters. The zero-order valence-corrected chi connectivity index (χ0v) is 51.1. The van der Waals surface area contributed by atoms with E-state index in [1.807, 2.05) is 0 Å². The molecule has 0 amide bonds. The van der Waals surface area contributed by atoms with Crippen molar-refractivity contribution in [3.8, 4) is 22.3 Å². The summed E-state index contributed by atoms with van der Waals surface area (Å²) in [5.41, 5.74) is 27.5. The fourth-order valence-corrected chi connectivity index (χ4v) is 46.5. The first kappa shape index (κ1) is 49.0. The molecule has 4 spiro atoms. The maximum absolute atomic E-state index is 9.28. The summed E-state index contributed by atoms with van der Waals surface area (Å²) in [5.74, 6) is -3.72. The normalized spacial score (nSPS) is 23.2. The molecule has 4 nitrogen and oxygen atoms in total. The summed E-state index contributed by atoms with van der Waals surface area (Å²) >= 11 is -9.95. The van der Waals surface area contributed by atoms with Gasteiger partial charge in [-0.15, -0.1) is 0 Å². The summed E-state index contributed by atoms with van der Waals surface area (Å²) in [6.45, 7) is 27.9. The predicted octanol–water partition coefficient (Wildman–Crippen LogP) is 13.5. The Hall–Kier alpha value is -6.09. The fraction of sp³-hybridized carbons (Fsp3) is 0.250. The molecule has 0 N–H and O–H groups in total. The van der Waals surface area contributed by atoms with Crippen molar-refractivity contribution >= 4 is 44.8 Å². The van der Waals surface area contributed by atoms with Gasteiger partial charge in [-0.3, -0.25) is 0 Å². The molecule has 4 atom stereocenters. The van der Waals surface area contributed by atoms with Crippen LogP contribution in [0.15, 0.2) is 170 Å². The van der Waals surface area contributed by atoms with Crippen LogP contribution in [0.3, 0.4) is 0 Å². The van der Waals surface area contributed by atoms with Crippen LogP contribution in [0.5, 0.6) is 0 Å². The number of aryl methyl sites for hydroxylation is 12. The van der Waals surface area contributed by atoms with Crippen LogP contribution < -0.4 is 17.6 Å². The Morgan fingerprint density at radius 3 is 0.718 bits per heavy atom. The third-order valence-corrected chi connectivity index (χ3v) is 43.2. The summed E-state index contributed by atoms with van der Waals surface area (Å²) in [6.07, 6.45) is 0. The van der Waals surface area contributed by atoms with E-state index in [-0.39, 0.29) is 0 Å². The third-order valence-electron chi connectivity index (χ3n) is 19.9. The molecule has 4 aliphatic heterocycles. The van der Waals surface area contributed by atoms with Gasteiger partial charge < -0.3 is 0 Å². The first-order valence-corrected chi connectivity index (χ1v) is 36.1. The quantitative estimate of drug-likeness (QED) is 0.130. The summed E-state index contributed by atoms with van der Waals surface area (Å²) in [6, 6.07) is 66.2. The molecule has 7 aliphatic rings. The van der Waals surface area contributed by atoms with E-state index in [0.717, 1.165) is 11.1 Å². The molecule has 0 radical (unpaired) electrons. The molecule has 16 rings (SSSR count). The van der Waals surface area contributed by atoms with Crippen molar-refractivity contribution < 1.29 is 17.3 Å². The van der Waals surface area contributed by atoms with Gasteiger partial charge in [0.15, 0.2) is 0 Å². The number of rotatable bonds is 4. The Balaban J connectivity index is 1.26. The summed E-state index contributed by atoms with van der Waals surface area (Å²) in [5, 5.41) is 0. The third kappa shape index (κ3) is 5.49. The van der Waals surface area contributed by atoms with Gasteiger partial charge in [-0.05, 0) is 0 Å². The Kier molecular flexibility index (Phi) is 10.2. The first-order chi connectivity index (χ1) is 37.5. The Morgan fingerprint density at radius 2 is 0.487 bits per heavy atom. The SMILES string of the molecule is Cc1cc(C)[c]([Ge]2([c]3c(C)cc(C)cc3C)[O][C@]34OO[C@@]5([O][Ge]([c]6c(C)cc(C)cc6C)([c]6c(C)cc(C)cc6C)[C]6(c7ccccc7-c7ccccc76)C5C3[C]23c2ccccc2-c2ccccc23)c2ccccc24)c(C)c1. The number of benzene rings is 9. The minimum absolute atomic E-state index is 0.428. The van der Waals surface area contributed by atoms with Crippen LogP contribution in [0.2, 0.25) is 0 Å². The predicted molar refractivity (Wildman–Crippen MR) is 319 cm³/mol. The topological polar surface area (TPSA) is 36.9 Å². The van der Waals surface area contributed by atoms with Gasteiger partial charge in [-0.2, -0.15) is 0 Å². The molecule has 2 bridgehead atoms. The monoisotopic (exact) mass is 1140 g/mol. The molecular weight excluding hydrogens is 1070 g/mol. The standard InChI is InChI=1S/C72H66Ge2O4/c1-41-33-45(5)63(46(6)34-41)73(64-47(7)35-42(2)36-48(64)8)69(57-27-17-13-23-53(57)54-24-14-18-28-58(54)69)67-68-70(59-29-19-15-25-55(59)56-26-16-20-30-60(56)70)74(65-49(9)37-43(3)38-50(65)10,66-51(11)39-44(4)40-52(66)12)76-72(68)62-32-22-21-31-61(62)71(67,75-73)77-78-72/h13-40,67-68H,1-12H3/t67?,68?,71-,72+. The average Bonchev–Trinajstić information content (AvgIpc) is 1.58. The van der Waals surface area contributed by atoms with Crippen molar-refractivity contribution in [2.24, 2.45) is 11.8 Å². The van der Waals surface area contributed by atoms with Crippen LogP contribution in [0, 0.1) is 94.9 Å². The van der Waals surface area contributed by atoms with Crippen molar-refractivity contribution in [3.05, 3.63) is 270 Å². The van der Waals surface area contributed by atoms with Gasteiger partial charge in [-0.1, -0.05) is 0 Å². The van der Waals surface area contributed by atoms with E-state index in [9.17, 15) is 7.53 Å². The molecule has 9 aromatic carbocycles. The molecule has 3 saturated heterocycles. The maximum atomic E-state index is 9.28. The molecule has 9 aromatic rings. The molecule has 4 heterocycles. The van der Waals surface area contributed by atoms with Crippen LogP contribution in [0.1, 0.15) is 100 Å². The van der Waals surface area contributed by atoms with Gasteiger partial charge in [0.25, 0.3) is 0 Å². The van der Waals surface area contributed by atoms with Crippen LogP contribution in [-0.2, 0) is 37.4 Å². The molecule has 78 heavy (non-hydrogen) atoms. The molecular formula is C72H66Ge2O4. The van der Waals surface area contributed by atoms with Gasteiger partial charge in [0, 0.05) is 0 Å². The van der Waals surface area contributed by atoms with Gasteiger partial charge in [-0.25, -0.2) is 0 Å². The molecule has 3 fully saturated rings. The number of hydrogen-bond acceptors (Lipinski definition) is 4. The van der Waals surface area contributed by atoms with Crippen LogP contribution in [-0.4, -0.2) is 27.2 Å². The van der Waals surface area contributed by atoms with Crippen molar-refractivity contribution in [1.29, 1.82) is 0 Å². The second kappa shape index (κ2) is 16.3. The van der Waals surface area contributed by atoms with Gasteiger partial charge >= 0.3 is 469 Å². The Labute approximate surface area is 466 Å². The van der Waals surface area contributed by atoms with E-state index in [1.165, 1.54) is 129 Å². The van der Waals surface area contributed by atoms with Gasteiger partial charge in [0.2, 0.25) is 0 Å². The zero-order chi connectivity index (χ0) is 53.8. The van der Waals surface area contributed by atoms with E-state index in [0.29, 0.717) is 0 Å². The van der Waals surface area contributed by atoms with Crippen molar-refractivity contribution in [3.63, 3.8) is 0 Å². The average molecular weight is 1140 g/mol. The molecule has 386 valence electrons. The molecule has 6 heteroatoms. The zero-order valence-electron chi connectivity index (χ0n) is 47.0. The number of hydrogen-bond donors (Lipinski definition) is 0. The Bertz CT molecular complexity index is 3590. The van der Waals surface area contributed by atoms with Crippen molar-refractivity contribution in [2.75, 3.05) is 0 Å². The van der Waals surface area contributed by atoms with E-state index < -0.39 is 59.1 Å². The van der Waals surface area contributed by atoms with Crippen molar-refractivity contribution in [1.82, 2.24) is 0 Å². The summed E-state index contributed by atoms with van der Waals surface area (Å²) in [7, 11) is 0. The van der Waals surface area contributed by atoms with Crippen LogP contribution in [0.25, 0.3) is 22.3 Å². The fourth-order valence-electron chi connectivity index (χ4n) is 18.7.